The fraction of sp³-hybridized carbons (Fsp3) is 0.364. The van der Waals surface area contributed by atoms with Crippen LogP contribution in [-0.2, 0) is 7.05 Å². The Morgan fingerprint density at radius 2 is 1.77 bits per heavy atom. The first-order valence-corrected chi connectivity index (χ1v) is 4.67. The van der Waals surface area contributed by atoms with Crippen molar-refractivity contribution in [1.29, 1.82) is 0 Å². The van der Waals surface area contributed by atoms with Crippen molar-refractivity contribution in [1.82, 2.24) is 9.55 Å². The summed E-state index contributed by atoms with van der Waals surface area (Å²) in [6, 6.07) is 8.15. The second-order valence-corrected chi connectivity index (χ2v) is 2.71. The molecular weight excluding hydrogens is 160 g/mol. The molecule has 2 heteroatoms. The van der Waals surface area contributed by atoms with Crippen LogP contribution in [0.3, 0.4) is 0 Å². The van der Waals surface area contributed by atoms with Crippen LogP contribution in [-0.4, -0.2) is 9.55 Å². The molecule has 2 rings (SSSR count). The van der Waals surface area contributed by atoms with Gasteiger partial charge in [0.25, 0.3) is 0 Å². The second-order valence-electron chi connectivity index (χ2n) is 2.71. The molecule has 0 aliphatic heterocycles. The van der Waals surface area contributed by atoms with Gasteiger partial charge >= 0.3 is 0 Å². The Morgan fingerprint density at radius 3 is 2.38 bits per heavy atom. The maximum absolute atomic E-state index is 4.38. The average molecular weight is 176 g/mol. The number of hydrogen-bond acceptors (Lipinski definition) is 1. The molecule has 0 amide bonds. The van der Waals surface area contributed by atoms with E-state index in [1.807, 2.05) is 46.0 Å². The van der Waals surface area contributed by atoms with Gasteiger partial charge in [0.15, 0.2) is 0 Å². The summed E-state index contributed by atoms with van der Waals surface area (Å²) in [5.41, 5.74) is 2.28. The molecule has 1 aromatic heterocycles. The minimum absolute atomic E-state index is 1.06. The van der Waals surface area contributed by atoms with Crippen LogP contribution in [0, 0.1) is 6.92 Å². The van der Waals surface area contributed by atoms with Crippen LogP contribution in [0.2, 0.25) is 0 Å². The van der Waals surface area contributed by atoms with Crippen LogP contribution in [0.25, 0.3) is 11.0 Å². The van der Waals surface area contributed by atoms with Crippen molar-refractivity contribution in [2.24, 2.45) is 7.05 Å². The van der Waals surface area contributed by atoms with E-state index in [9.17, 15) is 0 Å². The van der Waals surface area contributed by atoms with Crippen molar-refractivity contribution in [2.45, 2.75) is 20.8 Å². The minimum atomic E-state index is 1.06. The number of hydrogen-bond donors (Lipinski definition) is 0. The second kappa shape index (κ2) is 4.08. The van der Waals surface area contributed by atoms with Gasteiger partial charge in [-0.15, -0.1) is 0 Å². The highest BCUT2D eigenvalue weighted by atomic mass is 15.0. The van der Waals surface area contributed by atoms with Gasteiger partial charge in [-0.25, -0.2) is 4.98 Å². The van der Waals surface area contributed by atoms with Crippen LogP contribution in [0.1, 0.15) is 19.7 Å². The molecule has 0 atom stereocenters. The number of benzene rings is 1. The molecular formula is C11H16N2. The molecule has 2 nitrogen and oxygen atoms in total. The van der Waals surface area contributed by atoms with Crippen molar-refractivity contribution in [3.8, 4) is 0 Å². The smallest absolute Gasteiger partial charge is 0.106 e. The molecule has 0 radical (unpaired) electrons. The van der Waals surface area contributed by atoms with Crippen molar-refractivity contribution in [3.63, 3.8) is 0 Å². The number of aromatic nitrogens is 2. The van der Waals surface area contributed by atoms with E-state index in [1.165, 1.54) is 5.52 Å². The van der Waals surface area contributed by atoms with Gasteiger partial charge in [0.1, 0.15) is 5.82 Å². The first-order valence-electron chi connectivity index (χ1n) is 4.67. The summed E-state index contributed by atoms with van der Waals surface area (Å²) in [5, 5.41) is 0. The summed E-state index contributed by atoms with van der Waals surface area (Å²) in [5.74, 6) is 1.06. The molecule has 2 aromatic rings. The van der Waals surface area contributed by atoms with E-state index in [-0.39, 0.29) is 0 Å². The Hall–Kier alpha value is -1.31. The summed E-state index contributed by atoms with van der Waals surface area (Å²) < 4.78 is 2.09. The highest BCUT2D eigenvalue weighted by Gasteiger charge is 2.00. The lowest BCUT2D eigenvalue weighted by Gasteiger charge is -1.93. The summed E-state index contributed by atoms with van der Waals surface area (Å²) in [4.78, 5) is 4.38. The summed E-state index contributed by atoms with van der Waals surface area (Å²) >= 11 is 0. The Balaban J connectivity index is 0.000000396. The quantitative estimate of drug-likeness (QED) is 0.603. The fourth-order valence-corrected chi connectivity index (χ4v) is 1.27. The number of para-hydroxylation sites is 2. The van der Waals surface area contributed by atoms with E-state index < -0.39 is 0 Å². The molecule has 0 aliphatic carbocycles. The molecule has 13 heavy (non-hydrogen) atoms. The zero-order valence-corrected chi connectivity index (χ0v) is 8.70. The van der Waals surface area contributed by atoms with Gasteiger partial charge in [0, 0.05) is 7.05 Å². The van der Waals surface area contributed by atoms with E-state index in [0.717, 1.165) is 11.3 Å². The molecule has 0 unspecified atom stereocenters. The van der Waals surface area contributed by atoms with Crippen molar-refractivity contribution < 1.29 is 0 Å². The van der Waals surface area contributed by atoms with Gasteiger partial charge in [-0.05, 0) is 19.1 Å². The summed E-state index contributed by atoms with van der Waals surface area (Å²) in [7, 11) is 2.03. The third kappa shape index (κ3) is 1.72. The summed E-state index contributed by atoms with van der Waals surface area (Å²) in [6.45, 7) is 6.01. The predicted molar refractivity (Wildman–Crippen MR) is 56.8 cm³/mol. The largest absolute Gasteiger partial charge is 0.331 e. The minimum Gasteiger partial charge on any atom is -0.331 e. The van der Waals surface area contributed by atoms with Gasteiger partial charge in [-0.1, -0.05) is 26.0 Å². The number of nitrogens with zero attached hydrogens (tertiary/aromatic N) is 2. The number of aryl methyl sites for hydroxylation is 2. The topological polar surface area (TPSA) is 17.8 Å². The maximum Gasteiger partial charge on any atom is 0.106 e. The lowest BCUT2D eigenvalue weighted by atomic mass is 10.3. The van der Waals surface area contributed by atoms with E-state index in [1.54, 1.807) is 0 Å². The van der Waals surface area contributed by atoms with E-state index in [4.69, 9.17) is 0 Å². The highest BCUT2D eigenvalue weighted by molar-refractivity contribution is 5.75. The van der Waals surface area contributed by atoms with E-state index in [2.05, 4.69) is 15.6 Å². The predicted octanol–water partition coefficient (Wildman–Crippen LogP) is 2.91. The van der Waals surface area contributed by atoms with Crippen LogP contribution in [0.15, 0.2) is 24.3 Å². The Morgan fingerprint density at radius 1 is 1.15 bits per heavy atom. The summed E-state index contributed by atoms with van der Waals surface area (Å²) in [6.07, 6.45) is 0. The molecule has 70 valence electrons. The normalized spacial score (nSPS) is 9.54. The van der Waals surface area contributed by atoms with Gasteiger partial charge in [0.2, 0.25) is 0 Å². The molecule has 1 heterocycles. The molecule has 0 aliphatic rings. The Bertz CT molecular complexity index is 388. The third-order valence-electron chi connectivity index (χ3n) is 2.01. The van der Waals surface area contributed by atoms with Crippen molar-refractivity contribution in [3.05, 3.63) is 30.1 Å². The first kappa shape index (κ1) is 9.78. The number of rotatable bonds is 0. The van der Waals surface area contributed by atoms with E-state index >= 15 is 0 Å². The van der Waals surface area contributed by atoms with Crippen LogP contribution < -0.4 is 0 Å². The fourth-order valence-electron chi connectivity index (χ4n) is 1.27. The Labute approximate surface area is 79.2 Å². The van der Waals surface area contributed by atoms with E-state index in [0.29, 0.717) is 0 Å². The average Bonchev–Trinajstić information content (AvgIpc) is 2.47. The molecule has 0 bridgehead atoms. The highest BCUT2D eigenvalue weighted by Crippen LogP contribution is 2.12. The maximum atomic E-state index is 4.38. The van der Waals surface area contributed by atoms with Crippen LogP contribution >= 0.6 is 0 Å². The zero-order chi connectivity index (χ0) is 9.84. The monoisotopic (exact) mass is 176 g/mol. The van der Waals surface area contributed by atoms with Gasteiger partial charge in [-0.2, -0.15) is 0 Å². The first-order chi connectivity index (χ1) is 6.29. The third-order valence-corrected chi connectivity index (χ3v) is 2.01. The molecule has 1 aromatic carbocycles. The lowest BCUT2D eigenvalue weighted by Crippen LogP contribution is -1.89. The standard InChI is InChI=1S/C9H10N2.C2H6/c1-7-10-8-5-3-4-6-9(8)11(7)2;1-2/h3-6H,1-2H3;1-2H3. The van der Waals surface area contributed by atoms with Crippen molar-refractivity contribution in [2.75, 3.05) is 0 Å². The molecule has 0 spiro atoms. The number of imidazole rings is 1. The van der Waals surface area contributed by atoms with Gasteiger partial charge in [-0.3, -0.25) is 0 Å². The van der Waals surface area contributed by atoms with Crippen LogP contribution in [0.4, 0.5) is 0 Å². The lowest BCUT2D eigenvalue weighted by molar-refractivity contribution is 0.886. The zero-order valence-electron chi connectivity index (χ0n) is 8.70. The molecule has 0 saturated heterocycles. The molecule has 0 N–H and O–H groups in total. The Kier molecular flexibility index (Phi) is 3.07. The van der Waals surface area contributed by atoms with Crippen LogP contribution in [0.5, 0.6) is 0 Å². The molecule has 0 saturated carbocycles. The molecule has 0 fully saturated rings. The SMILES string of the molecule is CC.Cc1nc2ccccc2n1C. The number of fused-ring (bicyclic) bond motifs is 1. The van der Waals surface area contributed by atoms with Crippen molar-refractivity contribution >= 4 is 11.0 Å². The van der Waals surface area contributed by atoms with Gasteiger partial charge in [0.05, 0.1) is 11.0 Å². The van der Waals surface area contributed by atoms with Gasteiger partial charge < -0.3 is 4.57 Å².